The van der Waals surface area contributed by atoms with Gasteiger partial charge >= 0.3 is 6.18 Å². The summed E-state index contributed by atoms with van der Waals surface area (Å²) in [6.07, 6.45) is 4.28. The molecule has 0 saturated heterocycles. The highest BCUT2D eigenvalue weighted by Gasteiger charge is 2.38. The lowest BCUT2D eigenvalue weighted by atomic mass is 9.72. The minimum atomic E-state index is -4.56. The van der Waals surface area contributed by atoms with Crippen LogP contribution < -0.4 is 5.56 Å². The number of nitrogens with one attached hydrogen (secondary N) is 1. The van der Waals surface area contributed by atoms with Gasteiger partial charge in [-0.15, -0.1) is 0 Å². The van der Waals surface area contributed by atoms with Crippen molar-refractivity contribution >= 4 is 11.0 Å². The summed E-state index contributed by atoms with van der Waals surface area (Å²) < 4.78 is 40.2. The predicted octanol–water partition coefficient (Wildman–Crippen LogP) is 4.34. The fraction of sp³-hybridized carbons (Fsp3) is 0.400. The third-order valence-electron chi connectivity index (χ3n) is 7.31. The Morgan fingerprint density at radius 2 is 1.81 bits per heavy atom. The zero-order valence-corrected chi connectivity index (χ0v) is 19.7. The molecule has 2 aliphatic rings. The molecule has 188 valence electrons. The van der Waals surface area contributed by atoms with Gasteiger partial charge in [-0.25, -0.2) is 19.6 Å². The van der Waals surface area contributed by atoms with Gasteiger partial charge in [-0.3, -0.25) is 9.78 Å². The van der Waals surface area contributed by atoms with Crippen LogP contribution in [-0.2, 0) is 6.18 Å². The summed E-state index contributed by atoms with van der Waals surface area (Å²) in [4.78, 5) is 33.2. The maximum Gasteiger partial charge on any atom is 0.433 e. The normalized spacial score (nSPS) is 20.4. The van der Waals surface area contributed by atoms with Gasteiger partial charge in [-0.05, 0) is 55.7 Å². The minimum absolute atomic E-state index is 0.00259. The fourth-order valence-corrected chi connectivity index (χ4v) is 4.85. The Morgan fingerprint density at radius 1 is 1.08 bits per heavy atom. The van der Waals surface area contributed by atoms with Crippen molar-refractivity contribution in [2.75, 3.05) is 0 Å². The van der Waals surface area contributed by atoms with Crippen molar-refractivity contribution in [3.05, 3.63) is 75.2 Å². The number of H-pyrrole nitrogens is 1. The first-order chi connectivity index (χ1) is 17.7. The SMILES string of the molecule is C[C@@H](c1ccc(C(F)(F)F)nc1)n1nc(C#N)c2c(=O)[nH]c([C@@H]3CC[C@H]3c3ncc(C4CC4)cn3)nc21. The molecule has 4 aromatic heterocycles. The highest BCUT2D eigenvalue weighted by molar-refractivity contribution is 5.80. The number of pyridine rings is 1. The van der Waals surface area contributed by atoms with E-state index in [0.717, 1.165) is 30.7 Å². The number of nitriles is 1. The number of hydrogen-bond acceptors (Lipinski definition) is 7. The van der Waals surface area contributed by atoms with Gasteiger partial charge in [0, 0.05) is 30.4 Å². The molecule has 2 saturated carbocycles. The van der Waals surface area contributed by atoms with Crippen LogP contribution in [0, 0.1) is 11.3 Å². The van der Waals surface area contributed by atoms with Gasteiger partial charge in [0.25, 0.3) is 5.56 Å². The van der Waals surface area contributed by atoms with Crippen LogP contribution >= 0.6 is 0 Å². The van der Waals surface area contributed by atoms with E-state index in [4.69, 9.17) is 4.98 Å². The van der Waals surface area contributed by atoms with Crippen LogP contribution in [0.15, 0.2) is 35.5 Å². The molecule has 6 rings (SSSR count). The second-order valence-corrected chi connectivity index (χ2v) is 9.64. The van der Waals surface area contributed by atoms with Gasteiger partial charge in [-0.1, -0.05) is 6.07 Å². The second-order valence-electron chi connectivity index (χ2n) is 9.64. The van der Waals surface area contributed by atoms with E-state index < -0.39 is 23.5 Å². The molecule has 3 atom stereocenters. The number of hydrogen-bond donors (Lipinski definition) is 1. The first-order valence-electron chi connectivity index (χ1n) is 12.0. The van der Waals surface area contributed by atoms with Gasteiger partial charge in [-0.2, -0.15) is 23.5 Å². The maximum atomic E-state index is 13.1. The summed E-state index contributed by atoms with van der Waals surface area (Å²) in [5.41, 5.74) is 0.163. The number of nitrogens with zero attached hydrogens (tertiary/aromatic N) is 7. The zero-order valence-electron chi connectivity index (χ0n) is 19.7. The lowest BCUT2D eigenvalue weighted by Gasteiger charge is -2.34. The van der Waals surface area contributed by atoms with E-state index >= 15 is 0 Å². The molecule has 1 N–H and O–H groups in total. The van der Waals surface area contributed by atoms with Crippen LogP contribution in [0.3, 0.4) is 0 Å². The monoisotopic (exact) mass is 506 g/mol. The Labute approximate surface area is 208 Å². The van der Waals surface area contributed by atoms with E-state index in [1.807, 2.05) is 18.5 Å². The molecule has 0 unspecified atom stereocenters. The van der Waals surface area contributed by atoms with Crippen LogP contribution in [0.2, 0.25) is 0 Å². The van der Waals surface area contributed by atoms with Crippen molar-refractivity contribution < 1.29 is 13.2 Å². The predicted molar refractivity (Wildman–Crippen MR) is 125 cm³/mol. The molecule has 12 heteroatoms. The van der Waals surface area contributed by atoms with Gasteiger partial charge in [0.2, 0.25) is 0 Å². The zero-order chi connectivity index (χ0) is 25.9. The summed E-state index contributed by atoms with van der Waals surface area (Å²) in [7, 11) is 0. The Morgan fingerprint density at radius 3 is 2.38 bits per heavy atom. The third kappa shape index (κ3) is 4.04. The number of rotatable bonds is 5. The first kappa shape index (κ1) is 23.3. The molecule has 4 heterocycles. The lowest BCUT2D eigenvalue weighted by molar-refractivity contribution is -0.141. The quantitative estimate of drug-likeness (QED) is 0.427. The minimum Gasteiger partial charge on any atom is -0.310 e. The second kappa shape index (κ2) is 8.47. The Balaban J connectivity index is 1.36. The smallest absolute Gasteiger partial charge is 0.310 e. The highest BCUT2D eigenvalue weighted by Crippen LogP contribution is 2.47. The van der Waals surface area contributed by atoms with E-state index in [0.29, 0.717) is 23.1 Å². The Kier molecular flexibility index (Phi) is 5.33. The van der Waals surface area contributed by atoms with Crippen LogP contribution in [0.5, 0.6) is 0 Å². The van der Waals surface area contributed by atoms with Crippen molar-refractivity contribution in [2.45, 2.75) is 62.6 Å². The molecule has 0 aromatic carbocycles. The molecule has 0 aliphatic heterocycles. The average molecular weight is 506 g/mol. The number of halogens is 3. The number of aromatic amines is 1. The molecule has 9 nitrogen and oxygen atoms in total. The van der Waals surface area contributed by atoms with Crippen molar-refractivity contribution in [1.82, 2.24) is 34.7 Å². The van der Waals surface area contributed by atoms with Crippen LogP contribution in [-0.4, -0.2) is 34.7 Å². The molecular formula is C25H21F3N8O. The van der Waals surface area contributed by atoms with E-state index in [1.54, 1.807) is 6.92 Å². The van der Waals surface area contributed by atoms with Crippen molar-refractivity contribution in [3.63, 3.8) is 0 Å². The topological polar surface area (TPSA) is 126 Å². The summed E-state index contributed by atoms with van der Waals surface area (Å²) in [6.45, 7) is 1.70. The van der Waals surface area contributed by atoms with Crippen molar-refractivity contribution in [1.29, 1.82) is 5.26 Å². The van der Waals surface area contributed by atoms with Crippen LogP contribution in [0.1, 0.15) is 90.6 Å². The van der Waals surface area contributed by atoms with E-state index in [9.17, 15) is 23.2 Å². The molecule has 2 fully saturated rings. The fourth-order valence-electron chi connectivity index (χ4n) is 4.85. The number of aromatic nitrogens is 7. The molecule has 4 aromatic rings. The number of fused-ring (bicyclic) bond motifs is 1. The molecular weight excluding hydrogens is 485 g/mol. The van der Waals surface area contributed by atoms with Crippen LogP contribution in [0.25, 0.3) is 11.0 Å². The molecule has 0 radical (unpaired) electrons. The third-order valence-corrected chi connectivity index (χ3v) is 7.31. The molecule has 37 heavy (non-hydrogen) atoms. The van der Waals surface area contributed by atoms with Gasteiger partial charge in [0.05, 0.1) is 6.04 Å². The van der Waals surface area contributed by atoms with Crippen molar-refractivity contribution in [3.8, 4) is 6.07 Å². The van der Waals surface area contributed by atoms with Crippen LogP contribution in [0.4, 0.5) is 13.2 Å². The summed E-state index contributed by atoms with van der Waals surface area (Å²) >= 11 is 0. The molecule has 0 amide bonds. The van der Waals surface area contributed by atoms with Gasteiger partial charge in [0.15, 0.2) is 11.3 Å². The van der Waals surface area contributed by atoms with E-state index in [1.165, 1.54) is 23.6 Å². The Bertz CT molecular complexity index is 1580. The average Bonchev–Trinajstić information content (AvgIpc) is 3.63. The standard InChI is InChI=1S/C25H21F3N8O/c1-12(14-4-7-19(30-9-14)25(26,27)28)36-23-20(18(8-29)35-36)24(37)34-22(33-23)17-6-5-16(17)21-31-10-15(11-32-21)13-2-3-13/h4,7,9-13,16-17H,2-3,5-6H2,1H3,(H,33,34,37)/t12-,16+,17+/m0/s1. The van der Waals surface area contributed by atoms with E-state index in [2.05, 4.69) is 25.0 Å². The van der Waals surface area contributed by atoms with Gasteiger partial charge in [0.1, 0.15) is 28.8 Å². The lowest BCUT2D eigenvalue weighted by Crippen LogP contribution is -2.28. The molecule has 0 spiro atoms. The maximum absolute atomic E-state index is 13.1. The summed E-state index contributed by atoms with van der Waals surface area (Å²) in [6, 6.07) is 3.49. The molecule has 0 bridgehead atoms. The largest absolute Gasteiger partial charge is 0.433 e. The number of alkyl halides is 3. The van der Waals surface area contributed by atoms with Crippen molar-refractivity contribution in [2.24, 2.45) is 0 Å². The highest BCUT2D eigenvalue weighted by atomic mass is 19.4. The molecule has 2 aliphatic carbocycles. The Hall–Kier alpha value is -4.14. The summed E-state index contributed by atoms with van der Waals surface area (Å²) in [5.74, 6) is 1.60. The first-order valence-corrected chi connectivity index (χ1v) is 12.0. The van der Waals surface area contributed by atoms with E-state index in [-0.39, 0.29) is 28.6 Å². The summed E-state index contributed by atoms with van der Waals surface area (Å²) in [5, 5.41) is 13.9. The van der Waals surface area contributed by atoms with Gasteiger partial charge < -0.3 is 4.98 Å².